The first-order chi connectivity index (χ1) is 12.8. The molecule has 0 unspecified atom stereocenters. The molecule has 0 saturated heterocycles. The maximum atomic E-state index is 5.69. The summed E-state index contributed by atoms with van der Waals surface area (Å²) in [6.45, 7) is 0. The highest BCUT2D eigenvalue weighted by Crippen LogP contribution is 2.38. The minimum atomic E-state index is 0.933. The molecule has 0 spiro atoms. The van der Waals surface area contributed by atoms with Gasteiger partial charge in [-0.15, -0.1) is 0 Å². The molecule has 4 rings (SSSR count). The highest BCUT2D eigenvalue weighted by atomic mass is 32.1. The van der Waals surface area contributed by atoms with E-state index in [0.717, 1.165) is 4.86 Å². The molecule has 0 N–H and O–H groups in total. The summed E-state index contributed by atoms with van der Waals surface area (Å²) >= 11 is 5.69. The van der Waals surface area contributed by atoms with Crippen molar-refractivity contribution in [2.24, 2.45) is 0 Å². The Morgan fingerprint density at radius 3 is 1.96 bits per heavy atom. The van der Waals surface area contributed by atoms with Gasteiger partial charge in [-0.25, -0.2) is 0 Å². The molecule has 0 nitrogen and oxygen atoms in total. The lowest BCUT2D eigenvalue weighted by atomic mass is 10.0. The van der Waals surface area contributed by atoms with Crippen LogP contribution < -0.4 is 0 Å². The minimum absolute atomic E-state index is 0.933. The molecule has 0 aromatic heterocycles. The average Bonchev–Trinajstić information content (AvgIpc) is 3.09. The van der Waals surface area contributed by atoms with E-state index in [1.54, 1.807) is 0 Å². The van der Waals surface area contributed by atoms with Gasteiger partial charge in [-0.3, -0.25) is 0 Å². The van der Waals surface area contributed by atoms with Crippen molar-refractivity contribution in [1.29, 1.82) is 0 Å². The van der Waals surface area contributed by atoms with Crippen LogP contribution in [0.4, 0.5) is 0 Å². The third-order valence-electron chi connectivity index (χ3n) is 4.25. The number of allylic oxidation sites excluding steroid dienone is 3. The first-order valence-corrected chi connectivity index (χ1v) is 9.84. The van der Waals surface area contributed by atoms with Gasteiger partial charge in [0.25, 0.3) is 0 Å². The molecule has 0 aliphatic carbocycles. The van der Waals surface area contributed by atoms with E-state index in [4.69, 9.17) is 12.2 Å². The van der Waals surface area contributed by atoms with Crippen LogP contribution in [0.2, 0.25) is 0 Å². The molecule has 0 bridgehead atoms. The molecule has 0 radical (unpaired) electrons. The zero-order valence-corrected chi connectivity index (χ0v) is 15.9. The molecule has 1 aliphatic rings. The van der Waals surface area contributed by atoms with Crippen LogP contribution in [-0.2, 0) is 0 Å². The van der Waals surface area contributed by atoms with Crippen molar-refractivity contribution in [3.05, 3.63) is 119 Å². The molecule has 3 aromatic carbocycles. The Kier molecular flexibility index (Phi) is 5.02. The fourth-order valence-electron chi connectivity index (χ4n) is 2.98. The van der Waals surface area contributed by atoms with Gasteiger partial charge in [-0.05, 0) is 34.4 Å². The van der Waals surface area contributed by atoms with Crippen LogP contribution in [0.5, 0.6) is 0 Å². The highest BCUT2D eigenvalue weighted by molar-refractivity contribution is 7.84. The van der Waals surface area contributed by atoms with Crippen LogP contribution in [-0.4, -0.2) is 10.2 Å². The van der Waals surface area contributed by atoms with Gasteiger partial charge in [-0.1, -0.05) is 111 Å². The monoisotopic (exact) mass is 368 g/mol. The molecule has 3 aromatic rings. The summed E-state index contributed by atoms with van der Waals surface area (Å²) in [5, 5.41) is 2.47. The van der Waals surface area contributed by atoms with Crippen molar-refractivity contribution in [3.8, 4) is 0 Å². The van der Waals surface area contributed by atoms with Crippen molar-refractivity contribution in [2.45, 2.75) is 0 Å². The summed E-state index contributed by atoms with van der Waals surface area (Å²) in [5.41, 5.74) is 4.85. The molecule has 1 aliphatic heterocycles. The third kappa shape index (κ3) is 3.65. The maximum absolute atomic E-state index is 5.69. The molecular formula is C24H17PS. The molecule has 0 fully saturated rings. The first-order valence-electron chi connectivity index (χ1n) is 8.54. The Morgan fingerprint density at radius 1 is 0.731 bits per heavy atom. The van der Waals surface area contributed by atoms with E-state index >= 15 is 0 Å². The van der Waals surface area contributed by atoms with Gasteiger partial charge in [0.05, 0.1) is 4.86 Å². The summed E-state index contributed by atoms with van der Waals surface area (Å²) in [6.07, 6.45) is 4.41. The van der Waals surface area contributed by atoms with Crippen molar-refractivity contribution in [2.75, 3.05) is 0 Å². The lowest BCUT2D eigenvalue weighted by Gasteiger charge is -2.08. The molecule has 26 heavy (non-hydrogen) atoms. The van der Waals surface area contributed by atoms with E-state index in [-0.39, 0.29) is 0 Å². The summed E-state index contributed by atoms with van der Waals surface area (Å²) < 4.78 is 0. The molecular weight excluding hydrogens is 351 g/mol. The van der Waals surface area contributed by atoms with Crippen molar-refractivity contribution < 1.29 is 0 Å². The molecule has 0 saturated carbocycles. The van der Waals surface area contributed by atoms with E-state index in [1.165, 1.54) is 41.1 Å². The van der Waals surface area contributed by atoms with Crippen molar-refractivity contribution >= 4 is 42.2 Å². The number of hydrogen-bond donors (Lipinski definition) is 0. The fraction of sp³-hybridized carbons (Fsp3) is 0. The molecule has 1 heterocycles. The smallest absolute Gasteiger partial charge is 0.0511 e. The maximum Gasteiger partial charge on any atom is 0.0511 e. The Hall–Kier alpha value is -2.60. The number of hydrogen-bond acceptors (Lipinski definition) is 1. The van der Waals surface area contributed by atoms with Crippen LogP contribution in [0, 0.1) is 0 Å². The van der Waals surface area contributed by atoms with Crippen LogP contribution in [0.25, 0.3) is 11.6 Å². The summed E-state index contributed by atoms with van der Waals surface area (Å²) in [6, 6.07) is 31.4. The third-order valence-corrected chi connectivity index (χ3v) is 6.06. The molecule has 0 atom stereocenters. The quantitative estimate of drug-likeness (QED) is 0.282. The van der Waals surface area contributed by atoms with E-state index in [1.807, 2.05) is 12.1 Å². The van der Waals surface area contributed by atoms with Crippen LogP contribution in [0.15, 0.2) is 102 Å². The standard InChI is InChI=1S/C24H17PS/c26-23-17-22(25-24(23)20-14-8-3-9-15-20)21(19-12-6-2-7-13-19)16-18-10-4-1-5-11-18/h1-17H. The first kappa shape index (κ1) is 16.8. The van der Waals surface area contributed by atoms with Crippen LogP contribution in [0.1, 0.15) is 16.7 Å². The average molecular weight is 368 g/mol. The molecule has 0 amide bonds. The second-order valence-electron chi connectivity index (χ2n) is 6.05. The summed E-state index contributed by atoms with van der Waals surface area (Å²) in [5.74, 6) is 0. The van der Waals surface area contributed by atoms with Gasteiger partial charge in [0, 0.05) is 10.6 Å². The number of thiocarbonyl (C=S) groups is 1. The second-order valence-corrected chi connectivity index (χ2v) is 7.65. The lowest BCUT2D eigenvalue weighted by molar-refractivity contribution is 1.61. The van der Waals surface area contributed by atoms with Gasteiger partial charge >= 0.3 is 0 Å². The highest BCUT2D eigenvalue weighted by Gasteiger charge is 2.18. The SMILES string of the molecule is S=C1C=C(C(=Cc2ccccc2)c2ccccc2)P=C1c1ccccc1. The Morgan fingerprint density at radius 2 is 1.31 bits per heavy atom. The van der Waals surface area contributed by atoms with E-state index in [0.29, 0.717) is 0 Å². The van der Waals surface area contributed by atoms with Gasteiger partial charge < -0.3 is 0 Å². The normalized spacial score (nSPS) is 14.8. The van der Waals surface area contributed by atoms with Gasteiger partial charge in [-0.2, -0.15) is 0 Å². The topological polar surface area (TPSA) is 0 Å². The zero-order valence-electron chi connectivity index (χ0n) is 14.2. The minimum Gasteiger partial charge on any atom is -0.0790 e. The Bertz CT molecular complexity index is 1010. The lowest BCUT2D eigenvalue weighted by Crippen LogP contribution is -2.04. The number of rotatable bonds is 4. The van der Waals surface area contributed by atoms with E-state index < -0.39 is 0 Å². The second kappa shape index (κ2) is 7.74. The fourth-order valence-corrected chi connectivity index (χ4v) is 4.64. The van der Waals surface area contributed by atoms with E-state index in [9.17, 15) is 0 Å². The zero-order chi connectivity index (χ0) is 17.8. The number of benzene rings is 3. The van der Waals surface area contributed by atoms with Gasteiger partial charge in [0.2, 0.25) is 0 Å². The molecule has 2 heteroatoms. The molecule has 124 valence electrons. The largest absolute Gasteiger partial charge is 0.0790 e. The summed E-state index contributed by atoms with van der Waals surface area (Å²) in [4.78, 5) is 0.933. The van der Waals surface area contributed by atoms with Crippen molar-refractivity contribution in [1.82, 2.24) is 0 Å². The van der Waals surface area contributed by atoms with Crippen molar-refractivity contribution in [3.63, 3.8) is 0 Å². The van der Waals surface area contributed by atoms with Gasteiger partial charge in [0.1, 0.15) is 0 Å². The van der Waals surface area contributed by atoms with Crippen LogP contribution in [0.3, 0.4) is 0 Å². The predicted octanol–water partition coefficient (Wildman–Crippen LogP) is 6.66. The predicted molar refractivity (Wildman–Crippen MR) is 119 cm³/mol. The summed E-state index contributed by atoms with van der Waals surface area (Å²) in [7, 11) is 1.17. The van der Waals surface area contributed by atoms with E-state index in [2.05, 4.69) is 91.0 Å². The van der Waals surface area contributed by atoms with Crippen LogP contribution >= 0.6 is 20.4 Å². The van der Waals surface area contributed by atoms with Gasteiger partial charge in [0.15, 0.2) is 0 Å². The Balaban J connectivity index is 1.81. The Labute approximate surface area is 161 Å².